The second-order valence-corrected chi connectivity index (χ2v) is 6.00. The van der Waals surface area contributed by atoms with Crippen molar-refractivity contribution in [3.8, 4) is 0 Å². The van der Waals surface area contributed by atoms with Crippen molar-refractivity contribution in [3.05, 3.63) is 76.9 Å². The van der Waals surface area contributed by atoms with Gasteiger partial charge in [-0.05, 0) is 54.8 Å². The van der Waals surface area contributed by atoms with E-state index < -0.39 is 0 Å². The first-order valence-electron chi connectivity index (χ1n) is 7.84. The van der Waals surface area contributed by atoms with Crippen molar-refractivity contribution in [2.75, 3.05) is 17.2 Å². The Labute approximate surface area is 146 Å². The molecule has 2 aromatic carbocycles. The molecule has 0 aliphatic carbocycles. The molecule has 0 aliphatic heterocycles. The molecule has 0 bridgehead atoms. The molecular weight excluding hydrogens is 320 g/mol. The lowest BCUT2D eigenvalue weighted by Gasteiger charge is -2.09. The lowest BCUT2D eigenvalue weighted by Crippen LogP contribution is -2.07. The van der Waals surface area contributed by atoms with Gasteiger partial charge in [0.05, 0.1) is 0 Å². The zero-order valence-corrected chi connectivity index (χ0v) is 14.2. The molecule has 1 aromatic heterocycles. The molecule has 0 radical (unpaired) electrons. The minimum atomic E-state index is 0.581. The van der Waals surface area contributed by atoms with Gasteiger partial charge in [0.2, 0.25) is 5.95 Å². The van der Waals surface area contributed by atoms with E-state index >= 15 is 0 Å². The third-order valence-electron chi connectivity index (χ3n) is 3.56. The Hall–Kier alpha value is -2.59. The zero-order valence-electron chi connectivity index (χ0n) is 13.5. The van der Waals surface area contributed by atoms with Crippen LogP contribution in [0, 0.1) is 6.92 Å². The first kappa shape index (κ1) is 16.3. The molecule has 1 heterocycles. The van der Waals surface area contributed by atoms with Crippen molar-refractivity contribution < 1.29 is 0 Å². The summed E-state index contributed by atoms with van der Waals surface area (Å²) in [4.78, 5) is 8.75. The molecule has 0 amide bonds. The smallest absolute Gasteiger partial charge is 0.229 e. The van der Waals surface area contributed by atoms with Crippen molar-refractivity contribution in [1.29, 1.82) is 0 Å². The van der Waals surface area contributed by atoms with Crippen LogP contribution < -0.4 is 10.6 Å². The Morgan fingerprint density at radius 1 is 1.04 bits per heavy atom. The summed E-state index contributed by atoms with van der Waals surface area (Å²) in [5, 5.41) is 7.30. The summed E-state index contributed by atoms with van der Waals surface area (Å²) in [6.07, 6.45) is 2.65. The number of rotatable bonds is 6. The fraction of sp³-hybridized carbons (Fsp3) is 0.158. The largest absolute Gasteiger partial charge is 0.370 e. The summed E-state index contributed by atoms with van der Waals surface area (Å²) in [7, 11) is 0. The summed E-state index contributed by atoms with van der Waals surface area (Å²) in [5.74, 6) is 1.38. The van der Waals surface area contributed by atoms with E-state index in [0.29, 0.717) is 5.95 Å². The lowest BCUT2D eigenvalue weighted by atomic mass is 10.1. The van der Waals surface area contributed by atoms with Gasteiger partial charge in [-0.1, -0.05) is 35.9 Å². The van der Waals surface area contributed by atoms with Crippen LogP contribution in [0.25, 0.3) is 0 Å². The number of halogens is 1. The van der Waals surface area contributed by atoms with Gasteiger partial charge in [0.25, 0.3) is 0 Å². The lowest BCUT2D eigenvalue weighted by molar-refractivity contribution is 1.00. The average molecular weight is 339 g/mol. The molecule has 4 nitrogen and oxygen atoms in total. The van der Waals surface area contributed by atoms with Crippen molar-refractivity contribution in [1.82, 2.24) is 9.97 Å². The van der Waals surface area contributed by atoms with E-state index in [1.54, 1.807) is 6.20 Å². The SMILES string of the molecule is Cc1cccc(Nc2nccc(NCCc3ccc(Cl)cc3)n2)c1. The number of hydrogen-bond donors (Lipinski definition) is 2. The fourth-order valence-electron chi connectivity index (χ4n) is 2.36. The number of hydrogen-bond acceptors (Lipinski definition) is 4. The van der Waals surface area contributed by atoms with E-state index in [2.05, 4.69) is 39.7 Å². The van der Waals surface area contributed by atoms with Crippen LogP contribution in [0.1, 0.15) is 11.1 Å². The van der Waals surface area contributed by atoms with Gasteiger partial charge in [0, 0.05) is 23.5 Å². The van der Waals surface area contributed by atoms with Gasteiger partial charge in [0.15, 0.2) is 0 Å². The average Bonchev–Trinajstić information content (AvgIpc) is 2.57. The summed E-state index contributed by atoms with van der Waals surface area (Å²) in [6, 6.07) is 17.9. The molecule has 0 unspecified atom stereocenters. The number of nitrogens with zero attached hydrogens (tertiary/aromatic N) is 2. The van der Waals surface area contributed by atoms with Gasteiger partial charge in [-0.25, -0.2) is 4.98 Å². The van der Waals surface area contributed by atoms with Crippen LogP contribution in [-0.4, -0.2) is 16.5 Å². The van der Waals surface area contributed by atoms with Gasteiger partial charge >= 0.3 is 0 Å². The molecule has 3 aromatic rings. The minimum Gasteiger partial charge on any atom is -0.370 e. The molecule has 2 N–H and O–H groups in total. The maximum Gasteiger partial charge on any atom is 0.229 e. The Kier molecular flexibility index (Phi) is 5.29. The number of aromatic nitrogens is 2. The Bertz CT molecular complexity index is 802. The highest BCUT2D eigenvalue weighted by Crippen LogP contribution is 2.15. The second kappa shape index (κ2) is 7.79. The Morgan fingerprint density at radius 2 is 1.88 bits per heavy atom. The van der Waals surface area contributed by atoms with Crippen LogP contribution in [-0.2, 0) is 6.42 Å². The topological polar surface area (TPSA) is 49.8 Å². The van der Waals surface area contributed by atoms with Crippen molar-refractivity contribution in [3.63, 3.8) is 0 Å². The van der Waals surface area contributed by atoms with E-state index in [0.717, 1.165) is 29.5 Å². The van der Waals surface area contributed by atoms with Gasteiger partial charge < -0.3 is 10.6 Å². The molecule has 3 rings (SSSR count). The highest BCUT2D eigenvalue weighted by Gasteiger charge is 2.01. The van der Waals surface area contributed by atoms with Gasteiger partial charge in [-0.2, -0.15) is 4.98 Å². The maximum atomic E-state index is 5.90. The summed E-state index contributed by atoms with van der Waals surface area (Å²) in [6.45, 7) is 2.85. The Morgan fingerprint density at radius 3 is 2.67 bits per heavy atom. The van der Waals surface area contributed by atoms with E-state index in [1.807, 2.05) is 42.5 Å². The van der Waals surface area contributed by atoms with Gasteiger partial charge in [-0.15, -0.1) is 0 Å². The van der Waals surface area contributed by atoms with Crippen LogP contribution in [0.15, 0.2) is 60.8 Å². The molecule has 0 saturated heterocycles. The standard InChI is InChI=1S/C19H19ClN4/c1-14-3-2-4-17(13-14)23-19-22-12-10-18(24-19)21-11-9-15-5-7-16(20)8-6-15/h2-8,10,12-13H,9,11H2,1H3,(H2,21,22,23,24). The summed E-state index contributed by atoms with van der Waals surface area (Å²) in [5.41, 5.74) is 3.41. The number of anilines is 3. The second-order valence-electron chi connectivity index (χ2n) is 5.56. The minimum absolute atomic E-state index is 0.581. The first-order chi connectivity index (χ1) is 11.7. The third-order valence-corrected chi connectivity index (χ3v) is 3.81. The zero-order chi connectivity index (χ0) is 16.8. The Balaban J connectivity index is 1.57. The van der Waals surface area contributed by atoms with Crippen molar-refractivity contribution >= 4 is 29.1 Å². The van der Waals surface area contributed by atoms with Crippen LogP contribution in [0.5, 0.6) is 0 Å². The highest BCUT2D eigenvalue weighted by molar-refractivity contribution is 6.30. The molecule has 0 spiro atoms. The first-order valence-corrected chi connectivity index (χ1v) is 8.22. The number of nitrogens with one attached hydrogen (secondary N) is 2. The number of aryl methyl sites for hydroxylation is 1. The predicted octanol–water partition coefficient (Wildman–Crippen LogP) is 4.84. The van der Waals surface area contributed by atoms with E-state index in [-0.39, 0.29) is 0 Å². The third kappa shape index (κ3) is 4.70. The van der Waals surface area contributed by atoms with Gasteiger partial charge in [0.1, 0.15) is 5.82 Å². The van der Waals surface area contributed by atoms with E-state index in [9.17, 15) is 0 Å². The maximum absolute atomic E-state index is 5.90. The van der Waals surface area contributed by atoms with Crippen LogP contribution in [0.2, 0.25) is 5.02 Å². The normalized spacial score (nSPS) is 10.4. The summed E-state index contributed by atoms with van der Waals surface area (Å²) >= 11 is 5.90. The summed E-state index contributed by atoms with van der Waals surface area (Å²) < 4.78 is 0. The van der Waals surface area contributed by atoms with E-state index in [1.165, 1.54) is 11.1 Å². The quantitative estimate of drug-likeness (QED) is 0.675. The van der Waals surface area contributed by atoms with Crippen molar-refractivity contribution in [2.24, 2.45) is 0 Å². The number of benzene rings is 2. The molecular formula is C19H19ClN4. The molecule has 0 atom stereocenters. The van der Waals surface area contributed by atoms with Crippen molar-refractivity contribution in [2.45, 2.75) is 13.3 Å². The molecule has 5 heteroatoms. The molecule has 0 saturated carbocycles. The molecule has 0 aliphatic rings. The van der Waals surface area contributed by atoms with Crippen LogP contribution in [0.4, 0.5) is 17.5 Å². The highest BCUT2D eigenvalue weighted by atomic mass is 35.5. The predicted molar refractivity (Wildman–Crippen MR) is 100 cm³/mol. The van der Waals surface area contributed by atoms with Gasteiger partial charge in [-0.3, -0.25) is 0 Å². The molecule has 122 valence electrons. The van der Waals surface area contributed by atoms with Crippen LogP contribution in [0.3, 0.4) is 0 Å². The molecule has 0 fully saturated rings. The monoisotopic (exact) mass is 338 g/mol. The molecule has 24 heavy (non-hydrogen) atoms. The van der Waals surface area contributed by atoms with Crippen LogP contribution >= 0.6 is 11.6 Å². The fourth-order valence-corrected chi connectivity index (χ4v) is 2.48. The van der Waals surface area contributed by atoms with E-state index in [4.69, 9.17) is 11.6 Å².